The van der Waals surface area contributed by atoms with Gasteiger partial charge in [-0.05, 0) is 53.6 Å². The monoisotopic (exact) mass is 371 g/mol. The number of esters is 2. The largest absolute Gasteiger partial charge is 0.464 e. The van der Waals surface area contributed by atoms with Crippen LogP contribution in [0.3, 0.4) is 0 Å². The van der Waals surface area contributed by atoms with Crippen molar-refractivity contribution in [2.24, 2.45) is 10.8 Å². The van der Waals surface area contributed by atoms with Gasteiger partial charge < -0.3 is 14.4 Å². The fourth-order valence-electron chi connectivity index (χ4n) is 1.62. The molecule has 0 saturated heterocycles. The first-order valence-electron chi connectivity index (χ1n) is 9.69. The van der Waals surface area contributed by atoms with Gasteiger partial charge in [-0.2, -0.15) is 0 Å². The molecule has 0 unspecified atom stereocenters. The predicted molar refractivity (Wildman–Crippen MR) is 108 cm³/mol. The van der Waals surface area contributed by atoms with Crippen LogP contribution in [0.15, 0.2) is 12.7 Å². The maximum Gasteiger partial charge on any atom is 0.311 e. The SMILES string of the molecule is C=CCOC(=O)C(C)(C)CC.CCN(CC)CCOC(=O)C(C)(C)CC. The minimum absolute atomic E-state index is 0.0860. The normalized spacial score (nSPS) is 11.4. The Kier molecular flexibility index (Phi) is 14.3. The van der Waals surface area contributed by atoms with Crippen molar-refractivity contribution in [1.82, 2.24) is 4.90 Å². The van der Waals surface area contributed by atoms with E-state index in [1.807, 2.05) is 41.5 Å². The van der Waals surface area contributed by atoms with Crippen molar-refractivity contribution in [3.63, 3.8) is 0 Å². The highest BCUT2D eigenvalue weighted by molar-refractivity contribution is 5.76. The van der Waals surface area contributed by atoms with Crippen molar-refractivity contribution in [3.8, 4) is 0 Å². The minimum Gasteiger partial charge on any atom is -0.464 e. The molecule has 26 heavy (non-hydrogen) atoms. The van der Waals surface area contributed by atoms with Gasteiger partial charge in [0, 0.05) is 6.54 Å². The molecule has 0 saturated carbocycles. The van der Waals surface area contributed by atoms with Crippen molar-refractivity contribution in [2.75, 3.05) is 32.8 Å². The number of hydrogen-bond acceptors (Lipinski definition) is 5. The summed E-state index contributed by atoms with van der Waals surface area (Å²) in [5.74, 6) is -0.239. The van der Waals surface area contributed by atoms with Crippen LogP contribution in [0.1, 0.15) is 68.2 Å². The summed E-state index contributed by atoms with van der Waals surface area (Å²) in [7, 11) is 0. The third-order valence-corrected chi connectivity index (χ3v) is 4.74. The molecule has 0 spiro atoms. The number of carbonyl (C=O) groups excluding carboxylic acids is 2. The van der Waals surface area contributed by atoms with Crippen LogP contribution in [0.4, 0.5) is 0 Å². The lowest BCUT2D eigenvalue weighted by atomic mass is 9.91. The van der Waals surface area contributed by atoms with E-state index in [-0.39, 0.29) is 22.8 Å². The Morgan fingerprint density at radius 3 is 1.65 bits per heavy atom. The zero-order chi connectivity index (χ0) is 20.8. The summed E-state index contributed by atoms with van der Waals surface area (Å²) in [6, 6.07) is 0. The Labute approximate surface area is 161 Å². The van der Waals surface area contributed by atoms with Gasteiger partial charge in [0.1, 0.15) is 13.2 Å². The first-order valence-corrected chi connectivity index (χ1v) is 9.69. The molecule has 5 heteroatoms. The lowest BCUT2D eigenvalue weighted by Crippen LogP contribution is -2.31. The smallest absolute Gasteiger partial charge is 0.311 e. The number of nitrogens with zero attached hydrogens (tertiary/aromatic N) is 1. The summed E-state index contributed by atoms with van der Waals surface area (Å²) in [6.07, 6.45) is 3.18. The summed E-state index contributed by atoms with van der Waals surface area (Å²) in [4.78, 5) is 25.0. The fourth-order valence-corrected chi connectivity index (χ4v) is 1.62. The van der Waals surface area contributed by atoms with E-state index in [0.29, 0.717) is 13.2 Å². The third-order valence-electron chi connectivity index (χ3n) is 4.74. The second-order valence-corrected chi connectivity index (χ2v) is 7.52. The number of carbonyl (C=O) groups is 2. The Bertz CT molecular complexity index is 412. The van der Waals surface area contributed by atoms with Gasteiger partial charge in [-0.25, -0.2) is 0 Å². The van der Waals surface area contributed by atoms with E-state index in [9.17, 15) is 9.59 Å². The predicted octanol–water partition coefficient (Wildman–Crippen LogP) is 4.46. The van der Waals surface area contributed by atoms with Crippen molar-refractivity contribution < 1.29 is 19.1 Å². The number of hydrogen-bond donors (Lipinski definition) is 0. The van der Waals surface area contributed by atoms with E-state index in [0.717, 1.165) is 32.5 Å². The Balaban J connectivity index is 0. The van der Waals surface area contributed by atoms with E-state index < -0.39 is 0 Å². The quantitative estimate of drug-likeness (QED) is 0.396. The Hall–Kier alpha value is -1.36. The van der Waals surface area contributed by atoms with Crippen LogP contribution in [-0.4, -0.2) is 49.7 Å². The number of likely N-dealkylation sites (N-methyl/N-ethyl adjacent to an activating group) is 1. The third kappa shape index (κ3) is 11.3. The number of ether oxygens (including phenoxy) is 2. The zero-order valence-corrected chi connectivity index (χ0v) is 18.3. The van der Waals surface area contributed by atoms with Gasteiger partial charge in [0.05, 0.1) is 10.8 Å². The molecular weight excluding hydrogens is 330 g/mol. The van der Waals surface area contributed by atoms with Crippen LogP contribution < -0.4 is 0 Å². The molecule has 0 aliphatic carbocycles. The molecule has 0 aliphatic heterocycles. The molecule has 0 rings (SSSR count). The summed E-state index contributed by atoms with van der Waals surface area (Å²) in [5.41, 5.74) is -0.702. The molecule has 154 valence electrons. The standard InChI is InChI=1S/C12H25NO2.C9H16O2/c1-6-12(4,5)11(14)15-10-9-13(7-2)8-3;1-5-7-11-8(10)9(3,4)6-2/h6-10H2,1-5H3;5H,1,6-7H2,2-4H3. The lowest BCUT2D eigenvalue weighted by molar-refractivity contribution is -0.154. The van der Waals surface area contributed by atoms with Gasteiger partial charge in [0.25, 0.3) is 0 Å². The molecular formula is C21H41NO4. The molecule has 0 aromatic heterocycles. The molecule has 0 N–H and O–H groups in total. The van der Waals surface area contributed by atoms with Crippen molar-refractivity contribution >= 4 is 11.9 Å². The highest BCUT2D eigenvalue weighted by Gasteiger charge is 2.27. The molecule has 0 heterocycles. The van der Waals surface area contributed by atoms with Gasteiger partial charge in [0.2, 0.25) is 0 Å². The molecule has 0 aromatic carbocycles. The molecule has 5 nitrogen and oxygen atoms in total. The summed E-state index contributed by atoms with van der Waals surface area (Å²) in [5, 5.41) is 0. The van der Waals surface area contributed by atoms with Crippen LogP contribution >= 0.6 is 0 Å². The summed E-state index contributed by atoms with van der Waals surface area (Å²) in [6.45, 7) is 22.9. The van der Waals surface area contributed by atoms with Crippen molar-refractivity contribution in [2.45, 2.75) is 68.2 Å². The molecule has 0 atom stereocenters. The van der Waals surface area contributed by atoms with Crippen molar-refractivity contribution in [1.29, 1.82) is 0 Å². The van der Waals surface area contributed by atoms with Gasteiger partial charge >= 0.3 is 11.9 Å². The molecule has 0 radical (unpaired) electrons. The van der Waals surface area contributed by atoms with E-state index in [2.05, 4.69) is 25.3 Å². The average molecular weight is 372 g/mol. The highest BCUT2D eigenvalue weighted by atomic mass is 16.5. The van der Waals surface area contributed by atoms with E-state index in [1.54, 1.807) is 6.08 Å². The number of rotatable bonds is 11. The molecule has 0 fully saturated rings. The highest BCUT2D eigenvalue weighted by Crippen LogP contribution is 2.21. The summed E-state index contributed by atoms with van der Waals surface area (Å²) >= 11 is 0. The zero-order valence-electron chi connectivity index (χ0n) is 18.3. The Morgan fingerprint density at radius 2 is 1.31 bits per heavy atom. The first-order chi connectivity index (χ1) is 12.0. The molecule has 0 amide bonds. The van der Waals surface area contributed by atoms with E-state index in [4.69, 9.17) is 9.47 Å². The Morgan fingerprint density at radius 1 is 0.885 bits per heavy atom. The van der Waals surface area contributed by atoms with Crippen molar-refractivity contribution in [3.05, 3.63) is 12.7 Å². The fraction of sp³-hybridized carbons (Fsp3) is 0.810. The maximum atomic E-state index is 11.6. The second-order valence-electron chi connectivity index (χ2n) is 7.52. The van der Waals surface area contributed by atoms with Gasteiger partial charge in [-0.1, -0.05) is 40.3 Å². The van der Waals surface area contributed by atoms with Crippen LogP contribution in [0, 0.1) is 10.8 Å². The van der Waals surface area contributed by atoms with Crippen LogP contribution in [0.5, 0.6) is 0 Å². The van der Waals surface area contributed by atoms with Gasteiger partial charge in [-0.15, -0.1) is 0 Å². The lowest BCUT2D eigenvalue weighted by Gasteiger charge is -2.22. The molecule has 0 aliphatic rings. The topological polar surface area (TPSA) is 55.8 Å². The average Bonchev–Trinajstić information content (AvgIpc) is 2.63. The summed E-state index contributed by atoms with van der Waals surface area (Å²) < 4.78 is 10.1. The second kappa shape index (κ2) is 13.8. The van der Waals surface area contributed by atoms with Crippen LogP contribution in [0.25, 0.3) is 0 Å². The van der Waals surface area contributed by atoms with Crippen LogP contribution in [0.2, 0.25) is 0 Å². The van der Waals surface area contributed by atoms with Crippen LogP contribution in [-0.2, 0) is 19.1 Å². The van der Waals surface area contributed by atoms with E-state index >= 15 is 0 Å². The minimum atomic E-state index is -0.358. The maximum absolute atomic E-state index is 11.6. The van der Waals surface area contributed by atoms with E-state index in [1.165, 1.54) is 0 Å². The first kappa shape index (κ1) is 26.9. The molecule has 0 bridgehead atoms. The van der Waals surface area contributed by atoms with Gasteiger partial charge in [0.15, 0.2) is 0 Å². The van der Waals surface area contributed by atoms with Gasteiger partial charge in [-0.3, -0.25) is 9.59 Å². The molecule has 0 aromatic rings.